The van der Waals surface area contributed by atoms with Crippen LogP contribution in [0.3, 0.4) is 0 Å². The van der Waals surface area contributed by atoms with Crippen LogP contribution in [0.1, 0.15) is 17.3 Å². The molecule has 5 nitrogen and oxygen atoms in total. The molecule has 1 heterocycles. The van der Waals surface area contributed by atoms with Crippen LogP contribution in [-0.2, 0) is 19.7 Å². The molecule has 24 heavy (non-hydrogen) atoms. The monoisotopic (exact) mass is 327 g/mol. The molecular weight excluding hydrogens is 309 g/mol. The van der Waals surface area contributed by atoms with Crippen molar-refractivity contribution in [1.82, 2.24) is 15.0 Å². The van der Waals surface area contributed by atoms with Crippen molar-refractivity contribution in [3.05, 3.63) is 77.7 Å². The molecule has 0 saturated carbocycles. The van der Waals surface area contributed by atoms with Gasteiger partial charge in [-0.25, -0.2) is 4.39 Å². The lowest BCUT2D eigenvalue weighted by atomic mass is 10.2. The van der Waals surface area contributed by atoms with E-state index in [9.17, 15) is 4.39 Å². The van der Waals surface area contributed by atoms with E-state index in [0.29, 0.717) is 24.0 Å². The van der Waals surface area contributed by atoms with Crippen LogP contribution in [0.2, 0.25) is 0 Å². The first kappa shape index (κ1) is 16.1. The summed E-state index contributed by atoms with van der Waals surface area (Å²) in [5.41, 5.74) is 1.22. The third-order valence-electron chi connectivity index (χ3n) is 3.39. The van der Waals surface area contributed by atoms with E-state index in [1.807, 2.05) is 25.2 Å². The number of aromatic nitrogens is 2. The lowest BCUT2D eigenvalue weighted by Gasteiger charge is -2.13. The summed E-state index contributed by atoms with van der Waals surface area (Å²) in [5, 5.41) is 3.90. The Hall–Kier alpha value is -2.73. The summed E-state index contributed by atoms with van der Waals surface area (Å²) in [7, 11) is 1.99. The molecule has 0 aliphatic carbocycles. The molecule has 0 amide bonds. The number of hydrogen-bond acceptors (Lipinski definition) is 5. The van der Waals surface area contributed by atoms with Gasteiger partial charge >= 0.3 is 0 Å². The van der Waals surface area contributed by atoms with E-state index in [-0.39, 0.29) is 12.4 Å². The maximum atomic E-state index is 12.8. The average molecular weight is 327 g/mol. The molecule has 0 aliphatic heterocycles. The van der Waals surface area contributed by atoms with Gasteiger partial charge in [-0.1, -0.05) is 35.5 Å². The summed E-state index contributed by atoms with van der Waals surface area (Å²) < 4.78 is 23.6. The molecular formula is C18H18FN3O2. The predicted molar refractivity (Wildman–Crippen MR) is 86.6 cm³/mol. The summed E-state index contributed by atoms with van der Waals surface area (Å²) in [6, 6.07) is 16.0. The third-order valence-corrected chi connectivity index (χ3v) is 3.39. The summed E-state index contributed by atoms with van der Waals surface area (Å²) >= 11 is 0. The lowest BCUT2D eigenvalue weighted by molar-refractivity contribution is 0.256. The number of rotatable bonds is 7. The molecule has 0 radical (unpaired) electrons. The Balaban J connectivity index is 1.50. The van der Waals surface area contributed by atoms with Crippen LogP contribution >= 0.6 is 0 Å². The topological polar surface area (TPSA) is 51.4 Å². The summed E-state index contributed by atoms with van der Waals surface area (Å²) in [6.07, 6.45) is 0. The van der Waals surface area contributed by atoms with Crippen molar-refractivity contribution in [3.63, 3.8) is 0 Å². The van der Waals surface area contributed by atoms with E-state index < -0.39 is 0 Å². The lowest BCUT2D eigenvalue weighted by Crippen LogP contribution is -2.17. The number of benzene rings is 2. The first-order chi connectivity index (χ1) is 11.7. The maximum absolute atomic E-state index is 12.8. The molecule has 2 aromatic carbocycles. The molecule has 0 spiro atoms. The molecule has 124 valence electrons. The first-order valence-corrected chi connectivity index (χ1v) is 7.61. The smallest absolute Gasteiger partial charge is 0.240 e. The molecule has 0 unspecified atom stereocenters. The number of hydrogen-bond donors (Lipinski definition) is 0. The molecule has 0 saturated heterocycles. The van der Waals surface area contributed by atoms with E-state index in [0.717, 1.165) is 6.54 Å². The van der Waals surface area contributed by atoms with Crippen molar-refractivity contribution in [1.29, 1.82) is 0 Å². The Morgan fingerprint density at radius 3 is 2.54 bits per heavy atom. The minimum Gasteiger partial charge on any atom is -0.485 e. The van der Waals surface area contributed by atoms with Crippen molar-refractivity contribution in [2.75, 3.05) is 7.05 Å². The van der Waals surface area contributed by atoms with E-state index in [1.54, 1.807) is 12.1 Å². The molecule has 6 heteroatoms. The van der Waals surface area contributed by atoms with Gasteiger partial charge in [0.2, 0.25) is 11.7 Å². The zero-order chi connectivity index (χ0) is 16.8. The largest absolute Gasteiger partial charge is 0.485 e. The fraction of sp³-hybridized carbons (Fsp3) is 0.222. The van der Waals surface area contributed by atoms with Crippen LogP contribution < -0.4 is 4.74 Å². The van der Waals surface area contributed by atoms with E-state index >= 15 is 0 Å². The average Bonchev–Trinajstić information content (AvgIpc) is 3.02. The minimum absolute atomic E-state index is 0.178. The van der Waals surface area contributed by atoms with Crippen molar-refractivity contribution in [2.45, 2.75) is 19.7 Å². The third kappa shape index (κ3) is 4.63. The van der Waals surface area contributed by atoms with Crippen molar-refractivity contribution >= 4 is 0 Å². The minimum atomic E-state index is -0.300. The molecule has 0 fully saturated rings. The molecule has 3 rings (SSSR count). The Morgan fingerprint density at radius 2 is 1.79 bits per heavy atom. The fourth-order valence-electron chi connectivity index (χ4n) is 2.27. The molecule has 0 N–H and O–H groups in total. The van der Waals surface area contributed by atoms with Crippen LogP contribution in [0.4, 0.5) is 4.39 Å². The van der Waals surface area contributed by atoms with E-state index in [1.165, 1.54) is 17.7 Å². The van der Waals surface area contributed by atoms with Gasteiger partial charge in [-0.2, -0.15) is 4.98 Å². The van der Waals surface area contributed by atoms with Gasteiger partial charge in [-0.3, -0.25) is 4.90 Å². The SMILES string of the molecule is CN(Cc1ccccc1)Cc1nc(COc2ccc(F)cc2)no1. The highest BCUT2D eigenvalue weighted by atomic mass is 19.1. The molecule has 3 aromatic rings. The van der Waals surface area contributed by atoms with Gasteiger partial charge in [0.15, 0.2) is 6.61 Å². The van der Waals surface area contributed by atoms with Gasteiger partial charge < -0.3 is 9.26 Å². The van der Waals surface area contributed by atoms with E-state index in [4.69, 9.17) is 9.26 Å². The van der Waals surface area contributed by atoms with Crippen LogP contribution in [-0.4, -0.2) is 22.1 Å². The van der Waals surface area contributed by atoms with Crippen molar-refractivity contribution in [2.24, 2.45) is 0 Å². The fourth-order valence-corrected chi connectivity index (χ4v) is 2.27. The number of ether oxygens (including phenoxy) is 1. The Kier molecular flexibility index (Phi) is 5.18. The second-order valence-corrected chi connectivity index (χ2v) is 5.50. The van der Waals surface area contributed by atoms with Gasteiger partial charge in [-0.15, -0.1) is 0 Å². The second-order valence-electron chi connectivity index (χ2n) is 5.50. The highest BCUT2D eigenvalue weighted by Crippen LogP contribution is 2.13. The van der Waals surface area contributed by atoms with Crippen molar-refractivity contribution < 1.29 is 13.7 Å². The molecule has 0 bridgehead atoms. The number of halogens is 1. The van der Waals surface area contributed by atoms with Crippen molar-refractivity contribution in [3.8, 4) is 5.75 Å². The molecule has 1 aromatic heterocycles. The highest BCUT2D eigenvalue weighted by Gasteiger charge is 2.10. The second kappa shape index (κ2) is 7.70. The Morgan fingerprint density at radius 1 is 1.04 bits per heavy atom. The van der Waals surface area contributed by atoms with Gasteiger partial charge in [0, 0.05) is 6.54 Å². The van der Waals surface area contributed by atoms with Gasteiger partial charge in [0.25, 0.3) is 0 Å². The zero-order valence-corrected chi connectivity index (χ0v) is 13.4. The van der Waals surface area contributed by atoms with Crippen LogP contribution in [0.25, 0.3) is 0 Å². The van der Waals surface area contributed by atoms with E-state index in [2.05, 4.69) is 27.2 Å². The van der Waals surface area contributed by atoms with Crippen LogP contribution in [0, 0.1) is 5.82 Å². The predicted octanol–water partition coefficient (Wildman–Crippen LogP) is 3.42. The maximum Gasteiger partial charge on any atom is 0.240 e. The van der Waals surface area contributed by atoms with Crippen LogP contribution in [0.5, 0.6) is 5.75 Å². The number of nitrogens with zero attached hydrogens (tertiary/aromatic N) is 3. The Labute approximate surface area is 139 Å². The highest BCUT2D eigenvalue weighted by molar-refractivity contribution is 5.22. The van der Waals surface area contributed by atoms with Crippen LogP contribution in [0.15, 0.2) is 59.1 Å². The van der Waals surface area contributed by atoms with Gasteiger partial charge in [-0.05, 0) is 36.9 Å². The Bertz CT molecular complexity index is 759. The summed E-state index contributed by atoms with van der Waals surface area (Å²) in [6.45, 7) is 1.53. The standard InChI is InChI=1S/C18H18FN3O2/c1-22(11-14-5-3-2-4-6-14)12-18-20-17(21-24-18)13-23-16-9-7-15(19)8-10-16/h2-10H,11-13H2,1H3. The normalized spacial score (nSPS) is 11.0. The van der Waals surface area contributed by atoms with Gasteiger partial charge in [0.05, 0.1) is 6.54 Å². The molecule has 0 aliphatic rings. The summed E-state index contributed by atoms with van der Waals surface area (Å²) in [5.74, 6) is 1.25. The quantitative estimate of drug-likeness (QED) is 0.665. The first-order valence-electron chi connectivity index (χ1n) is 7.61. The molecule has 0 atom stereocenters. The van der Waals surface area contributed by atoms with Gasteiger partial charge in [0.1, 0.15) is 11.6 Å². The zero-order valence-electron chi connectivity index (χ0n) is 13.4. The summed E-state index contributed by atoms with van der Waals surface area (Å²) in [4.78, 5) is 6.40.